The fraction of sp³-hybridized carbons (Fsp3) is 0.727. The van der Waals surface area contributed by atoms with E-state index in [9.17, 15) is 0 Å². The fourth-order valence-corrected chi connectivity index (χ4v) is 1.38. The van der Waals surface area contributed by atoms with E-state index < -0.39 is 0 Å². The molecule has 1 heterocycles. The van der Waals surface area contributed by atoms with Gasteiger partial charge in [-0.25, -0.2) is 0 Å². The topological polar surface area (TPSA) is 48.3 Å². The van der Waals surface area contributed by atoms with Crippen LogP contribution in [0.25, 0.3) is 0 Å². The van der Waals surface area contributed by atoms with Crippen molar-refractivity contribution in [2.75, 3.05) is 40.0 Å². The molecule has 0 aromatic carbocycles. The molecule has 0 amide bonds. The second kappa shape index (κ2) is 8.27. The van der Waals surface area contributed by atoms with Crippen LogP contribution in [0.4, 0.5) is 0 Å². The van der Waals surface area contributed by atoms with Gasteiger partial charge in [0.25, 0.3) is 0 Å². The first-order chi connectivity index (χ1) is 7.84. The highest BCUT2D eigenvalue weighted by atomic mass is 16.5. The Morgan fingerprint density at radius 1 is 1.31 bits per heavy atom. The smallest absolute Gasteiger partial charge is 0.0700 e. The van der Waals surface area contributed by atoms with E-state index in [4.69, 9.17) is 9.47 Å². The number of rotatable bonds is 9. The predicted octanol–water partition coefficient (Wildman–Crippen LogP) is 0.215. The van der Waals surface area contributed by atoms with Crippen molar-refractivity contribution in [3.05, 3.63) is 18.0 Å². The molecule has 0 aliphatic carbocycles. The zero-order valence-corrected chi connectivity index (χ0v) is 10.1. The average molecular weight is 227 g/mol. The Labute approximate surface area is 96.7 Å². The van der Waals surface area contributed by atoms with Crippen molar-refractivity contribution in [2.45, 2.75) is 6.42 Å². The summed E-state index contributed by atoms with van der Waals surface area (Å²) in [6.07, 6.45) is 2.82. The van der Waals surface area contributed by atoms with Gasteiger partial charge in [-0.1, -0.05) is 0 Å². The lowest BCUT2D eigenvalue weighted by Crippen LogP contribution is -2.23. The van der Waals surface area contributed by atoms with E-state index >= 15 is 0 Å². The van der Waals surface area contributed by atoms with Gasteiger partial charge in [0.15, 0.2) is 0 Å². The predicted molar refractivity (Wildman–Crippen MR) is 62.5 cm³/mol. The van der Waals surface area contributed by atoms with E-state index in [1.807, 2.05) is 24.0 Å². The molecule has 16 heavy (non-hydrogen) atoms. The maximum atomic E-state index is 5.33. The number of methoxy groups -OCH3 is 1. The third-order valence-corrected chi connectivity index (χ3v) is 2.34. The van der Waals surface area contributed by atoms with Gasteiger partial charge in [0.05, 0.1) is 19.8 Å². The molecule has 0 saturated heterocycles. The van der Waals surface area contributed by atoms with Gasteiger partial charge in [-0.2, -0.15) is 5.10 Å². The van der Waals surface area contributed by atoms with E-state index in [1.54, 1.807) is 7.11 Å². The molecule has 0 spiro atoms. The van der Waals surface area contributed by atoms with Crippen LogP contribution < -0.4 is 5.32 Å². The SMILES string of the molecule is COCCOCCNCCc1ccnn1C. The molecule has 5 nitrogen and oxygen atoms in total. The van der Waals surface area contributed by atoms with E-state index in [1.165, 1.54) is 5.69 Å². The fourth-order valence-electron chi connectivity index (χ4n) is 1.38. The number of hydrogen-bond acceptors (Lipinski definition) is 4. The molecule has 0 aliphatic heterocycles. The standard InChI is InChI=1S/C11H21N3O2/c1-14-11(4-6-13-14)3-5-12-7-8-16-10-9-15-2/h4,6,12H,3,5,7-10H2,1-2H3. The van der Waals surface area contributed by atoms with Crippen LogP contribution in [0.1, 0.15) is 5.69 Å². The first-order valence-electron chi connectivity index (χ1n) is 5.59. The van der Waals surface area contributed by atoms with Gasteiger partial charge in [0, 0.05) is 45.6 Å². The summed E-state index contributed by atoms with van der Waals surface area (Å²) in [4.78, 5) is 0. The molecular weight excluding hydrogens is 206 g/mol. The summed E-state index contributed by atoms with van der Waals surface area (Å²) in [6.45, 7) is 3.89. The lowest BCUT2D eigenvalue weighted by Gasteiger charge is -2.06. The Balaban J connectivity index is 1.91. The van der Waals surface area contributed by atoms with Crippen molar-refractivity contribution in [1.29, 1.82) is 0 Å². The second-order valence-corrected chi connectivity index (χ2v) is 3.55. The van der Waals surface area contributed by atoms with Crippen LogP contribution in [0.2, 0.25) is 0 Å². The Bertz CT molecular complexity index is 276. The molecule has 1 aromatic rings. The molecule has 5 heteroatoms. The molecule has 1 N–H and O–H groups in total. The molecule has 1 rings (SSSR count). The minimum Gasteiger partial charge on any atom is -0.382 e. The van der Waals surface area contributed by atoms with E-state index in [-0.39, 0.29) is 0 Å². The lowest BCUT2D eigenvalue weighted by atomic mass is 10.3. The zero-order valence-electron chi connectivity index (χ0n) is 10.1. The Morgan fingerprint density at radius 2 is 2.19 bits per heavy atom. The van der Waals surface area contributed by atoms with E-state index in [0.717, 1.165) is 26.1 Å². The summed E-state index contributed by atoms with van der Waals surface area (Å²) in [6, 6.07) is 2.04. The number of ether oxygens (including phenoxy) is 2. The summed E-state index contributed by atoms with van der Waals surface area (Å²) in [5, 5.41) is 7.44. The molecule has 0 unspecified atom stereocenters. The van der Waals surface area contributed by atoms with Crippen LogP contribution in [-0.2, 0) is 22.9 Å². The van der Waals surface area contributed by atoms with Crippen LogP contribution >= 0.6 is 0 Å². The third kappa shape index (κ3) is 5.25. The number of nitrogens with zero attached hydrogens (tertiary/aromatic N) is 2. The van der Waals surface area contributed by atoms with Gasteiger partial charge < -0.3 is 14.8 Å². The summed E-state index contributed by atoms with van der Waals surface area (Å²) in [5.41, 5.74) is 1.24. The van der Waals surface area contributed by atoms with Crippen molar-refractivity contribution in [2.24, 2.45) is 7.05 Å². The average Bonchev–Trinajstić information content (AvgIpc) is 2.68. The van der Waals surface area contributed by atoms with E-state index in [2.05, 4.69) is 10.4 Å². The third-order valence-electron chi connectivity index (χ3n) is 2.34. The number of nitrogens with one attached hydrogen (secondary N) is 1. The lowest BCUT2D eigenvalue weighted by molar-refractivity contribution is 0.0721. The normalized spacial score (nSPS) is 10.9. The quantitative estimate of drug-likeness (QED) is 0.613. The van der Waals surface area contributed by atoms with Gasteiger partial charge in [0.1, 0.15) is 0 Å². The van der Waals surface area contributed by atoms with Crippen LogP contribution in [0.15, 0.2) is 12.3 Å². The second-order valence-electron chi connectivity index (χ2n) is 3.55. The number of hydrogen-bond donors (Lipinski definition) is 1. The first kappa shape index (κ1) is 13.2. The molecule has 0 aliphatic rings. The molecule has 0 fully saturated rings. The molecule has 92 valence electrons. The summed E-state index contributed by atoms with van der Waals surface area (Å²) >= 11 is 0. The van der Waals surface area contributed by atoms with Gasteiger partial charge in [-0.05, 0) is 6.07 Å². The van der Waals surface area contributed by atoms with Crippen LogP contribution in [0.3, 0.4) is 0 Å². The monoisotopic (exact) mass is 227 g/mol. The zero-order chi connectivity index (χ0) is 11.6. The highest BCUT2D eigenvalue weighted by molar-refractivity contribution is 5.00. The summed E-state index contributed by atoms with van der Waals surface area (Å²) in [7, 11) is 3.64. The summed E-state index contributed by atoms with van der Waals surface area (Å²) in [5.74, 6) is 0. The van der Waals surface area contributed by atoms with Crippen LogP contribution in [0.5, 0.6) is 0 Å². The number of aromatic nitrogens is 2. The first-order valence-corrected chi connectivity index (χ1v) is 5.59. The maximum Gasteiger partial charge on any atom is 0.0700 e. The minimum atomic E-state index is 0.662. The number of aryl methyl sites for hydroxylation is 1. The van der Waals surface area contributed by atoms with Gasteiger partial charge in [0.2, 0.25) is 0 Å². The Morgan fingerprint density at radius 3 is 2.88 bits per heavy atom. The van der Waals surface area contributed by atoms with Crippen molar-refractivity contribution < 1.29 is 9.47 Å². The highest BCUT2D eigenvalue weighted by Crippen LogP contribution is 1.95. The minimum absolute atomic E-state index is 0.662. The molecule has 0 atom stereocenters. The molecule has 0 saturated carbocycles. The van der Waals surface area contributed by atoms with Crippen LogP contribution in [0, 0.1) is 0 Å². The van der Waals surface area contributed by atoms with Crippen molar-refractivity contribution in [3.8, 4) is 0 Å². The maximum absolute atomic E-state index is 5.33. The Hall–Kier alpha value is -0.910. The van der Waals surface area contributed by atoms with Gasteiger partial charge in [-0.3, -0.25) is 4.68 Å². The molecule has 0 radical (unpaired) electrons. The largest absolute Gasteiger partial charge is 0.382 e. The molecule has 1 aromatic heterocycles. The van der Waals surface area contributed by atoms with Crippen molar-refractivity contribution >= 4 is 0 Å². The van der Waals surface area contributed by atoms with Crippen molar-refractivity contribution in [3.63, 3.8) is 0 Å². The van der Waals surface area contributed by atoms with Crippen molar-refractivity contribution in [1.82, 2.24) is 15.1 Å². The van der Waals surface area contributed by atoms with E-state index in [0.29, 0.717) is 13.2 Å². The van der Waals surface area contributed by atoms with Crippen LogP contribution in [-0.4, -0.2) is 49.8 Å². The molecule has 0 bridgehead atoms. The Kier molecular flexibility index (Phi) is 6.80. The summed E-state index contributed by atoms with van der Waals surface area (Å²) < 4.78 is 12.1. The van der Waals surface area contributed by atoms with Gasteiger partial charge >= 0.3 is 0 Å². The van der Waals surface area contributed by atoms with Gasteiger partial charge in [-0.15, -0.1) is 0 Å². The molecular formula is C11H21N3O2. The highest BCUT2D eigenvalue weighted by Gasteiger charge is 1.97.